The summed E-state index contributed by atoms with van der Waals surface area (Å²) in [6.07, 6.45) is 24.7. The van der Waals surface area contributed by atoms with Crippen molar-refractivity contribution in [1.82, 2.24) is 0 Å². The molecule has 0 bridgehead atoms. The summed E-state index contributed by atoms with van der Waals surface area (Å²) in [6, 6.07) is 3.29. The van der Waals surface area contributed by atoms with Crippen LogP contribution in [-0.4, -0.2) is 24.2 Å². The molecule has 1 aromatic rings. The number of phenols is 1. The maximum atomic E-state index is 12.5. The number of phenolic OH excluding ortho intramolecular Hbond substituents is 1. The first-order valence-corrected chi connectivity index (χ1v) is 16.8. The lowest BCUT2D eigenvalue weighted by Crippen LogP contribution is -2.43. The van der Waals surface area contributed by atoms with Gasteiger partial charge in [-0.25, -0.2) is 0 Å². The lowest BCUT2D eigenvalue weighted by molar-refractivity contribution is -0.252. The van der Waals surface area contributed by atoms with E-state index in [-0.39, 0.29) is 12.2 Å². The molecule has 2 rings (SSSR count). The summed E-state index contributed by atoms with van der Waals surface area (Å²) < 4.78 is 17.4. The molecule has 0 amide bonds. The number of esters is 2. The van der Waals surface area contributed by atoms with Gasteiger partial charge in [0, 0.05) is 17.5 Å². The van der Waals surface area contributed by atoms with Crippen LogP contribution in [0.1, 0.15) is 166 Å². The summed E-state index contributed by atoms with van der Waals surface area (Å²) in [6.45, 7) is 4.48. The van der Waals surface area contributed by atoms with Crippen LogP contribution in [-0.2, 0) is 31.3 Å². The second-order valence-electron chi connectivity index (χ2n) is 11.9. The minimum Gasteiger partial charge on any atom is -0.504 e. The summed E-state index contributed by atoms with van der Waals surface area (Å²) in [5.41, 5.74) is 1.39. The SMILES string of the molecule is CCCCCCCCCCCCc1c(C2(CCCCCCCCCCCC)OC(=O)CC(=O)O2)ccc(O)c1OC. The van der Waals surface area contributed by atoms with Crippen molar-refractivity contribution in [2.24, 2.45) is 0 Å². The third kappa shape index (κ3) is 12.7. The van der Waals surface area contributed by atoms with Gasteiger partial charge >= 0.3 is 11.9 Å². The summed E-state index contributed by atoms with van der Waals surface area (Å²) in [5.74, 6) is -2.18. The van der Waals surface area contributed by atoms with Gasteiger partial charge in [0.05, 0.1) is 7.11 Å². The molecule has 0 aliphatic carbocycles. The predicted octanol–water partition coefficient (Wildman–Crippen LogP) is 9.82. The topological polar surface area (TPSA) is 82.1 Å². The van der Waals surface area contributed by atoms with Crippen molar-refractivity contribution in [3.05, 3.63) is 23.3 Å². The van der Waals surface area contributed by atoms with Gasteiger partial charge in [0.15, 0.2) is 11.5 Å². The Labute approximate surface area is 249 Å². The number of rotatable bonds is 24. The quantitative estimate of drug-likeness (QED) is 0.0751. The molecule has 1 aliphatic rings. The van der Waals surface area contributed by atoms with Gasteiger partial charge in [-0.1, -0.05) is 129 Å². The van der Waals surface area contributed by atoms with E-state index in [0.717, 1.165) is 44.1 Å². The fourth-order valence-electron chi connectivity index (χ4n) is 6.01. The molecular formula is C35H58O6. The predicted molar refractivity (Wildman–Crippen MR) is 165 cm³/mol. The number of methoxy groups -OCH3 is 1. The van der Waals surface area contributed by atoms with Crippen LogP contribution in [0.4, 0.5) is 0 Å². The molecule has 0 unspecified atom stereocenters. The highest BCUT2D eigenvalue weighted by Crippen LogP contribution is 2.44. The third-order valence-corrected chi connectivity index (χ3v) is 8.34. The fraction of sp³-hybridized carbons (Fsp3) is 0.771. The number of unbranched alkanes of at least 4 members (excludes halogenated alkanes) is 18. The monoisotopic (exact) mass is 574 g/mol. The smallest absolute Gasteiger partial charge is 0.320 e. The molecule has 1 aliphatic heterocycles. The fourth-order valence-corrected chi connectivity index (χ4v) is 6.01. The summed E-state index contributed by atoms with van der Waals surface area (Å²) in [4.78, 5) is 25.0. The molecule has 0 aromatic heterocycles. The molecule has 0 spiro atoms. The lowest BCUT2D eigenvalue weighted by atomic mass is 9.89. The van der Waals surface area contributed by atoms with Crippen molar-refractivity contribution in [3.8, 4) is 11.5 Å². The Hall–Kier alpha value is -2.24. The Morgan fingerprint density at radius 1 is 0.683 bits per heavy atom. The van der Waals surface area contributed by atoms with Crippen LogP contribution in [0.5, 0.6) is 11.5 Å². The Morgan fingerprint density at radius 2 is 1.12 bits per heavy atom. The highest BCUT2D eigenvalue weighted by molar-refractivity contribution is 5.93. The second kappa shape index (κ2) is 20.6. The maximum Gasteiger partial charge on any atom is 0.320 e. The third-order valence-electron chi connectivity index (χ3n) is 8.34. The van der Waals surface area contributed by atoms with Gasteiger partial charge in [-0.3, -0.25) is 9.59 Å². The van der Waals surface area contributed by atoms with Crippen molar-refractivity contribution in [2.45, 2.75) is 167 Å². The summed E-state index contributed by atoms with van der Waals surface area (Å²) in [7, 11) is 1.54. The Morgan fingerprint density at radius 3 is 1.59 bits per heavy atom. The van der Waals surface area contributed by atoms with Crippen LogP contribution < -0.4 is 4.74 Å². The molecule has 1 heterocycles. The zero-order valence-corrected chi connectivity index (χ0v) is 26.4. The van der Waals surface area contributed by atoms with Crippen LogP contribution in [0.2, 0.25) is 0 Å². The van der Waals surface area contributed by atoms with E-state index in [0.29, 0.717) is 24.2 Å². The van der Waals surface area contributed by atoms with Gasteiger partial charge in [0.25, 0.3) is 5.79 Å². The zero-order chi connectivity index (χ0) is 29.8. The van der Waals surface area contributed by atoms with Crippen molar-refractivity contribution < 1.29 is 28.9 Å². The molecule has 0 radical (unpaired) electrons. The normalized spacial score (nSPS) is 14.6. The van der Waals surface area contributed by atoms with Gasteiger partial charge in [0.1, 0.15) is 6.42 Å². The van der Waals surface area contributed by atoms with E-state index in [9.17, 15) is 14.7 Å². The van der Waals surface area contributed by atoms with E-state index >= 15 is 0 Å². The highest BCUT2D eigenvalue weighted by Gasteiger charge is 2.46. The maximum absolute atomic E-state index is 12.5. The van der Waals surface area contributed by atoms with E-state index < -0.39 is 17.7 Å². The Balaban J connectivity index is 2.01. The number of hydrogen-bond donors (Lipinski definition) is 1. The largest absolute Gasteiger partial charge is 0.504 e. The minimum atomic E-state index is -1.47. The molecule has 41 heavy (non-hydrogen) atoms. The van der Waals surface area contributed by atoms with E-state index in [1.165, 1.54) is 97.0 Å². The second-order valence-corrected chi connectivity index (χ2v) is 11.9. The number of carbonyl (C=O) groups is 2. The first-order valence-electron chi connectivity index (χ1n) is 16.8. The lowest BCUT2D eigenvalue weighted by Gasteiger charge is -2.37. The van der Waals surface area contributed by atoms with E-state index in [1.807, 2.05) is 0 Å². The van der Waals surface area contributed by atoms with Crippen LogP contribution in [0, 0.1) is 0 Å². The number of aromatic hydroxyl groups is 1. The van der Waals surface area contributed by atoms with E-state index in [2.05, 4.69) is 13.8 Å². The van der Waals surface area contributed by atoms with Crippen molar-refractivity contribution in [1.29, 1.82) is 0 Å². The number of carbonyl (C=O) groups excluding carboxylic acids is 2. The Kier molecular flexibility index (Phi) is 17.6. The van der Waals surface area contributed by atoms with E-state index in [4.69, 9.17) is 14.2 Å². The van der Waals surface area contributed by atoms with Crippen molar-refractivity contribution in [3.63, 3.8) is 0 Å². The van der Waals surface area contributed by atoms with Crippen LogP contribution >= 0.6 is 0 Å². The summed E-state index contributed by atoms with van der Waals surface area (Å²) in [5, 5.41) is 10.6. The average Bonchev–Trinajstić information content (AvgIpc) is 2.94. The van der Waals surface area contributed by atoms with Gasteiger partial charge in [-0.2, -0.15) is 0 Å². The van der Waals surface area contributed by atoms with Gasteiger partial charge in [0.2, 0.25) is 0 Å². The summed E-state index contributed by atoms with van der Waals surface area (Å²) >= 11 is 0. The molecule has 6 nitrogen and oxygen atoms in total. The standard InChI is InChI=1S/C35H58O6/c1-4-6-8-10-12-14-16-18-20-22-24-29-30(25-26-31(36)34(29)39-3)35(40-32(37)28-33(38)41-35)27-23-21-19-17-15-13-11-9-7-5-2/h25-26,36H,4-24,27-28H2,1-3H3. The van der Waals surface area contributed by atoms with Gasteiger partial charge in [-0.05, 0) is 31.4 Å². The molecule has 0 atom stereocenters. The number of hydrogen-bond acceptors (Lipinski definition) is 6. The van der Waals surface area contributed by atoms with Crippen molar-refractivity contribution >= 4 is 11.9 Å². The van der Waals surface area contributed by atoms with Gasteiger partial charge in [-0.15, -0.1) is 0 Å². The molecule has 0 saturated carbocycles. The first-order chi connectivity index (χ1) is 20.0. The van der Waals surface area contributed by atoms with Crippen molar-refractivity contribution in [2.75, 3.05) is 7.11 Å². The van der Waals surface area contributed by atoms with Crippen LogP contribution in [0.15, 0.2) is 12.1 Å². The molecule has 1 N–H and O–H groups in total. The number of cyclic esters (lactones) is 2. The number of benzene rings is 1. The average molecular weight is 575 g/mol. The molecule has 6 heteroatoms. The molecule has 1 aromatic carbocycles. The molecule has 1 fully saturated rings. The highest BCUT2D eigenvalue weighted by atomic mass is 16.7. The van der Waals surface area contributed by atoms with E-state index in [1.54, 1.807) is 12.1 Å². The Bertz CT molecular complexity index is 864. The first kappa shape index (κ1) is 35.0. The van der Waals surface area contributed by atoms with Crippen LogP contribution in [0.25, 0.3) is 0 Å². The molecular weight excluding hydrogens is 516 g/mol. The van der Waals surface area contributed by atoms with Crippen LogP contribution in [0.3, 0.4) is 0 Å². The van der Waals surface area contributed by atoms with Gasteiger partial charge < -0.3 is 19.3 Å². The molecule has 234 valence electrons. The molecule has 1 saturated heterocycles. The number of ether oxygens (including phenoxy) is 3. The zero-order valence-electron chi connectivity index (χ0n) is 26.4. The minimum absolute atomic E-state index is 0.0425.